The number of nitrogens with zero attached hydrogens (tertiary/aromatic N) is 3. The second-order valence-electron chi connectivity index (χ2n) is 13.6. The number of hydrogen-bond donors (Lipinski definition) is 4. The van der Waals surface area contributed by atoms with Gasteiger partial charge in [0.2, 0.25) is 27.7 Å². The first-order chi connectivity index (χ1) is 23.3. The van der Waals surface area contributed by atoms with Gasteiger partial charge in [0.15, 0.2) is 5.82 Å². The number of carboxylic acid groups (broad SMARTS) is 1. The van der Waals surface area contributed by atoms with Crippen LogP contribution in [0.4, 0.5) is 9.18 Å². The number of benzene rings is 1. The smallest absolute Gasteiger partial charge is 0.405 e. The van der Waals surface area contributed by atoms with Crippen molar-refractivity contribution in [2.45, 2.75) is 107 Å². The molecule has 0 unspecified atom stereocenters. The van der Waals surface area contributed by atoms with E-state index in [1.165, 1.54) is 17.0 Å². The number of rotatable bonds is 7. The van der Waals surface area contributed by atoms with Gasteiger partial charge in [0.05, 0.1) is 16.8 Å². The highest BCUT2D eigenvalue weighted by molar-refractivity contribution is 7.91. The molecule has 1 saturated heterocycles. The molecular weight excluding hydrogens is 659 g/mol. The molecule has 6 rings (SSSR count). The number of para-hydroxylation sites is 1. The molecule has 16 heteroatoms. The number of carbonyl (C=O) groups is 4. The summed E-state index contributed by atoms with van der Waals surface area (Å²) in [6.07, 6.45) is 5.64. The van der Waals surface area contributed by atoms with Crippen molar-refractivity contribution in [1.29, 1.82) is 0 Å². The monoisotopic (exact) mass is 700 g/mol. The molecule has 0 radical (unpaired) electrons. The van der Waals surface area contributed by atoms with Gasteiger partial charge in [-0.2, -0.15) is 0 Å². The zero-order valence-corrected chi connectivity index (χ0v) is 28.2. The number of aryl methyl sites for hydroxylation is 1. The zero-order chi connectivity index (χ0) is 35.1. The minimum absolute atomic E-state index is 0.00196. The summed E-state index contributed by atoms with van der Waals surface area (Å²) >= 11 is 0. The van der Waals surface area contributed by atoms with Crippen molar-refractivity contribution in [2.24, 2.45) is 5.92 Å². The molecule has 264 valence electrons. The maximum Gasteiger partial charge on any atom is 0.405 e. The van der Waals surface area contributed by atoms with Gasteiger partial charge in [-0.1, -0.05) is 38.0 Å². The fourth-order valence-corrected chi connectivity index (χ4v) is 7.95. The Bertz CT molecular complexity index is 1820. The number of carbonyl (C=O) groups excluding carboxylic acids is 3. The number of nitrogens with one attached hydrogen (secondary N) is 3. The molecule has 3 fully saturated rings. The Morgan fingerprint density at radius 2 is 1.96 bits per heavy atom. The highest BCUT2D eigenvalue weighted by Crippen LogP contribution is 2.47. The zero-order valence-electron chi connectivity index (χ0n) is 27.4. The van der Waals surface area contributed by atoms with Gasteiger partial charge in [-0.05, 0) is 64.0 Å². The molecule has 3 heterocycles. The molecular formula is C33H41FN6O8S. The average molecular weight is 701 g/mol. The fraction of sp³-hybridized carbons (Fsp3) is 0.576. The van der Waals surface area contributed by atoms with E-state index in [1.807, 2.05) is 19.1 Å². The lowest BCUT2D eigenvalue weighted by molar-refractivity contribution is -0.141. The summed E-state index contributed by atoms with van der Waals surface area (Å²) < 4.78 is 48.0. The fourth-order valence-electron chi connectivity index (χ4n) is 6.64. The Kier molecular flexibility index (Phi) is 9.28. The van der Waals surface area contributed by atoms with Crippen molar-refractivity contribution in [3.05, 3.63) is 41.9 Å². The van der Waals surface area contributed by atoms with Crippen molar-refractivity contribution in [1.82, 2.24) is 30.2 Å². The third-order valence-electron chi connectivity index (χ3n) is 10.1. The van der Waals surface area contributed by atoms with Crippen LogP contribution >= 0.6 is 0 Å². The summed E-state index contributed by atoms with van der Waals surface area (Å²) in [4.78, 5) is 63.7. The second kappa shape index (κ2) is 13.2. The molecule has 2 aromatic rings. The van der Waals surface area contributed by atoms with Gasteiger partial charge in [0.25, 0.3) is 5.91 Å². The lowest BCUT2D eigenvalue weighted by Gasteiger charge is -2.29. The van der Waals surface area contributed by atoms with Crippen LogP contribution in [-0.4, -0.2) is 87.2 Å². The summed E-state index contributed by atoms with van der Waals surface area (Å²) in [7, 11) is -4.01. The molecule has 5 atom stereocenters. The van der Waals surface area contributed by atoms with Crippen LogP contribution in [0.15, 0.2) is 30.4 Å². The minimum atomic E-state index is -4.01. The lowest BCUT2D eigenvalue weighted by atomic mass is 10.1. The summed E-state index contributed by atoms with van der Waals surface area (Å²) in [5, 5.41) is 14.6. The number of amides is 4. The van der Waals surface area contributed by atoms with Gasteiger partial charge >= 0.3 is 6.09 Å². The van der Waals surface area contributed by atoms with Gasteiger partial charge < -0.3 is 25.4 Å². The van der Waals surface area contributed by atoms with E-state index in [4.69, 9.17) is 4.74 Å². The Morgan fingerprint density at radius 3 is 2.67 bits per heavy atom. The minimum Gasteiger partial charge on any atom is -0.471 e. The van der Waals surface area contributed by atoms with E-state index < -0.39 is 74.0 Å². The van der Waals surface area contributed by atoms with Crippen LogP contribution in [0.25, 0.3) is 11.0 Å². The third-order valence-corrected chi connectivity index (χ3v) is 12.2. The third kappa shape index (κ3) is 6.92. The lowest BCUT2D eigenvalue weighted by Crippen LogP contribution is -2.58. The Balaban J connectivity index is 1.32. The van der Waals surface area contributed by atoms with Gasteiger partial charge in [-0.3, -0.25) is 19.1 Å². The number of fused-ring (bicyclic) bond motifs is 3. The van der Waals surface area contributed by atoms with Crippen molar-refractivity contribution >= 4 is 44.9 Å². The maximum atomic E-state index is 14.6. The van der Waals surface area contributed by atoms with E-state index in [1.54, 1.807) is 13.0 Å². The molecule has 4 aliphatic rings. The molecule has 4 N–H and O–H groups in total. The molecule has 1 aromatic carbocycles. The van der Waals surface area contributed by atoms with Gasteiger partial charge in [0.1, 0.15) is 34.9 Å². The first kappa shape index (κ1) is 34.5. The Hall–Kier alpha value is -4.34. The molecule has 0 bridgehead atoms. The number of aromatic nitrogens is 2. The van der Waals surface area contributed by atoms with Crippen LogP contribution in [0.1, 0.15) is 77.3 Å². The van der Waals surface area contributed by atoms with E-state index in [2.05, 4.69) is 25.3 Å². The summed E-state index contributed by atoms with van der Waals surface area (Å²) in [5.74, 6) is -3.22. The van der Waals surface area contributed by atoms with Crippen molar-refractivity contribution in [3.63, 3.8) is 0 Å². The van der Waals surface area contributed by atoms with Crippen LogP contribution in [-0.2, 0) is 30.8 Å². The number of allylic oxidation sites excluding steroid dienone is 1. The number of ether oxygens (including phenoxy) is 1. The van der Waals surface area contributed by atoms with Gasteiger partial charge in [-0.15, -0.1) is 0 Å². The standard InChI is InChI=1S/C33H41FN6O8S/c1-3-22-28(37-26-21(34)11-9-13-23(26)35-22)48-20-16-25-27(41)38-33(30(43)39-49(46,47)32(2)14-15-32)17-19(33)10-7-5-4-6-8-12-24(36-31(44)45)29(42)40(25)18-20/h7,9-11,13,19-20,24-25,36H,3-6,8,12,14-18H2,1-2H3,(H,38,41)(H,39,43)(H,44,45)/b10-7-/t19-,20-,24+,25+,33-/m1/s1. The molecule has 14 nitrogen and oxygen atoms in total. The van der Waals surface area contributed by atoms with E-state index in [0.717, 1.165) is 6.42 Å². The summed E-state index contributed by atoms with van der Waals surface area (Å²) in [6.45, 7) is 3.25. The highest BCUT2D eigenvalue weighted by Gasteiger charge is 2.63. The van der Waals surface area contributed by atoms with Crippen molar-refractivity contribution in [3.8, 4) is 5.88 Å². The van der Waals surface area contributed by atoms with Crippen LogP contribution in [0.3, 0.4) is 0 Å². The number of halogens is 1. The van der Waals surface area contributed by atoms with Crippen LogP contribution in [0.2, 0.25) is 0 Å². The van der Waals surface area contributed by atoms with E-state index in [9.17, 15) is 37.1 Å². The van der Waals surface area contributed by atoms with Crippen LogP contribution in [0, 0.1) is 11.7 Å². The maximum absolute atomic E-state index is 14.6. The van der Waals surface area contributed by atoms with Crippen molar-refractivity contribution in [2.75, 3.05) is 6.54 Å². The average Bonchev–Trinajstić information content (AvgIpc) is 3.93. The molecule has 2 saturated carbocycles. The van der Waals surface area contributed by atoms with E-state index in [0.29, 0.717) is 49.7 Å². The number of hydrogen-bond acceptors (Lipinski definition) is 9. The van der Waals surface area contributed by atoms with Gasteiger partial charge in [0, 0.05) is 12.3 Å². The number of sulfonamides is 1. The topological polar surface area (TPSA) is 197 Å². The quantitative estimate of drug-likeness (QED) is 0.312. The van der Waals surface area contributed by atoms with E-state index >= 15 is 0 Å². The largest absolute Gasteiger partial charge is 0.471 e. The molecule has 1 aromatic heterocycles. The normalized spacial score (nSPS) is 29.0. The first-order valence-corrected chi connectivity index (χ1v) is 18.2. The molecule has 2 aliphatic carbocycles. The second-order valence-corrected chi connectivity index (χ2v) is 15.8. The van der Waals surface area contributed by atoms with E-state index in [-0.39, 0.29) is 37.2 Å². The predicted octanol–water partition coefficient (Wildman–Crippen LogP) is 2.71. The SMILES string of the molecule is CCc1nc2cccc(F)c2nc1O[C@@H]1C[C@H]2C(=O)N[C@]3(C(=O)NS(=O)(=O)C4(C)CC4)C[C@H]3/C=C\CCCCC[C@H](NC(=O)O)C(=O)N2C1. The summed E-state index contributed by atoms with van der Waals surface area (Å²) in [5.41, 5.74) is -0.778. The Morgan fingerprint density at radius 1 is 1.18 bits per heavy atom. The molecule has 0 spiro atoms. The highest BCUT2D eigenvalue weighted by atomic mass is 32.2. The molecule has 2 aliphatic heterocycles. The predicted molar refractivity (Wildman–Crippen MR) is 174 cm³/mol. The van der Waals surface area contributed by atoms with Crippen LogP contribution < -0.4 is 20.1 Å². The summed E-state index contributed by atoms with van der Waals surface area (Å²) in [6, 6.07) is 2.04. The van der Waals surface area contributed by atoms with Gasteiger partial charge in [-0.25, -0.2) is 27.6 Å². The first-order valence-electron chi connectivity index (χ1n) is 16.7. The Labute approximate surface area is 283 Å². The van der Waals surface area contributed by atoms with Crippen LogP contribution in [0.5, 0.6) is 5.88 Å². The molecule has 4 amide bonds. The molecule has 49 heavy (non-hydrogen) atoms. The van der Waals surface area contributed by atoms with Crippen molar-refractivity contribution < 1.29 is 41.8 Å².